The summed E-state index contributed by atoms with van der Waals surface area (Å²) in [4.78, 5) is 4.51. The fourth-order valence-electron chi connectivity index (χ4n) is 2.06. The van der Waals surface area contributed by atoms with Crippen molar-refractivity contribution in [1.29, 1.82) is 5.26 Å². The predicted octanol–water partition coefficient (Wildman–Crippen LogP) is 4.46. The number of benzene rings is 2. The van der Waals surface area contributed by atoms with Crippen LogP contribution >= 0.6 is 11.3 Å². The molecule has 2 aromatic carbocycles. The Morgan fingerprint density at radius 2 is 1.87 bits per heavy atom. The molecule has 0 radical (unpaired) electrons. The number of aromatic nitrogens is 1. The van der Waals surface area contributed by atoms with Crippen LogP contribution in [0.3, 0.4) is 0 Å². The Morgan fingerprint density at radius 1 is 1.13 bits per heavy atom. The zero-order chi connectivity index (χ0) is 16.1. The average Bonchev–Trinajstić information content (AvgIpc) is 3.08. The van der Waals surface area contributed by atoms with Crippen LogP contribution in [0.5, 0.6) is 0 Å². The number of rotatable bonds is 4. The summed E-state index contributed by atoms with van der Waals surface area (Å²) in [5.74, 6) is 0. The minimum Gasteiger partial charge on any atom is -0.277 e. The second kappa shape index (κ2) is 6.86. The van der Waals surface area contributed by atoms with E-state index in [1.807, 2.05) is 66.9 Å². The molecule has 0 aliphatic heterocycles. The number of nitriles is 1. The van der Waals surface area contributed by atoms with Gasteiger partial charge in [0.05, 0.1) is 11.4 Å². The molecule has 0 spiro atoms. The summed E-state index contributed by atoms with van der Waals surface area (Å²) in [6.45, 7) is 1.99. The van der Waals surface area contributed by atoms with Gasteiger partial charge in [0.1, 0.15) is 6.07 Å². The Balaban J connectivity index is 1.85. The van der Waals surface area contributed by atoms with Gasteiger partial charge in [0, 0.05) is 10.9 Å². The molecule has 0 amide bonds. The number of hydrazone groups is 1. The number of nitrogens with zero attached hydrogens (tertiary/aromatic N) is 3. The highest BCUT2D eigenvalue weighted by atomic mass is 32.1. The number of nitrogens with one attached hydrogen (secondary N) is 1. The smallest absolute Gasteiger partial charge is 0.196 e. The topological polar surface area (TPSA) is 61.1 Å². The first-order chi connectivity index (χ1) is 11.3. The summed E-state index contributed by atoms with van der Waals surface area (Å²) in [5.41, 5.74) is 7.04. The van der Waals surface area contributed by atoms with Crippen molar-refractivity contribution in [2.45, 2.75) is 6.92 Å². The largest absolute Gasteiger partial charge is 0.277 e. The van der Waals surface area contributed by atoms with E-state index in [0.717, 1.165) is 22.5 Å². The lowest BCUT2D eigenvalue weighted by Gasteiger charge is -2.03. The molecular weight excluding hydrogens is 304 g/mol. The van der Waals surface area contributed by atoms with Gasteiger partial charge in [-0.15, -0.1) is 11.3 Å². The molecule has 0 fully saturated rings. The molecule has 1 heterocycles. The van der Waals surface area contributed by atoms with E-state index in [-0.39, 0.29) is 5.71 Å². The maximum atomic E-state index is 9.35. The molecular formula is C18H14N4S. The summed E-state index contributed by atoms with van der Waals surface area (Å²) in [6, 6.07) is 19.8. The molecule has 0 atom stereocenters. The molecule has 0 saturated carbocycles. The van der Waals surface area contributed by atoms with Gasteiger partial charge in [-0.2, -0.15) is 10.4 Å². The number of hydrogen-bond acceptors (Lipinski definition) is 5. The van der Waals surface area contributed by atoms with E-state index in [9.17, 15) is 5.26 Å². The van der Waals surface area contributed by atoms with E-state index in [0.29, 0.717) is 5.01 Å². The van der Waals surface area contributed by atoms with Crippen LogP contribution in [0.2, 0.25) is 0 Å². The van der Waals surface area contributed by atoms with E-state index >= 15 is 0 Å². The van der Waals surface area contributed by atoms with Crippen molar-refractivity contribution in [3.8, 4) is 17.3 Å². The minimum atomic E-state index is 0.278. The van der Waals surface area contributed by atoms with Gasteiger partial charge in [-0.05, 0) is 18.6 Å². The van der Waals surface area contributed by atoms with Crippen LogP contribution in [0, 0.1) is 18.3 Å². The van der Waals surface area contributed by atoms with Crippen LogP contribution in [0.25, 0.3) is 11.3 Å². The molecule has 4 nitrogen and oxygen atoms in total. The molecule has 1 N–H and O–H groups in total. The number of anilines is 1. The van der Waals surface area contributed by atoms with Crippen molar-refractivity contribution < 1.29 is 0 Å². The van der Waals surface area contributed by atoms with Gasteiger partial charge >= 0.3 is 0 Å². The molecule has 0 saturated heterocycles. The zero-order valence-corrected chi connectivity index (χ0v) is 13.3. The van der Waals surface area contributed by atoms with Crippen LogP contribution in [0.4, 0.5) is 5.69 Å². The molecule has 0 unspecified atom stereocenters. The van der Waals surface area contributed by atoms with Gasteiger partial charge < -0.3 is 0 Å². The third-order valence-electron chi connectivity index (χ3n) is 3.32. The molecule has 1 aromatic heterocycles. The SMILES string of the molecule is Cc1ccccc1NN=C(C#N)c1nc(-c2ccccc2)cs1. The van der Waals surface area contributed by atoms with Crippen molar-refractivity contribution in [1.82, 2.24) is 4.98 Å². The number of aryl methyl sites for hydroxylation is 1. The zero-order valence-electron chi connectivity index (χ0n) is 12.5. The fraction of sp³-hybridized carbons (Fsp3) is 0.0556. The molecule has 3 aromatic rings. The van der Waals surface area contributed by atoms with Crippen molar-refractivity contribution in [3.63, 3.8) is 0 Å². The summed E-state index contributed by atoms with van der Waals surface area (Å²) in [6.07, 6.45) is 0. The average molecular weight is 318 g/mol. The van der Waals surface area contributed by atoms with Crippen LogP contribution in [-0.4, -0.2) is 10.7 Å². The normalized spacial score (nSPS) is 11.0. The van der Waals surface area contributed by atoms with Crippen LogP contribution in [0.1, 0.15) is 10.6 Å². The monoisotopic (exact) mass is 318 g/mol. The Morgan fingerprint density at radius 3 is 2.61 bits per heavy atom. The third-order valence-corrected chi connectivity index (χ3v) is 4.16. The summed E-state index contributed by atoms with van der Waals surface area (Å²) in [5, 5.41) is 16.1. The maximum absolute atomic E-state index is 9.35. The van der Waals surface area contributed by atoms with Crippen molar-refractivity contribution in [2.75, 3.05) is 5.43 Å². The summed E-state index contributed by atoms with van der Waals surface area (Å²) in [7, 11) is 0. The maximum Gasteiger partial charge on any atom is 0.196 e. The van der Waals surface area contributed by atoms with Crippen molar-refractivity contribution in [3.05, 3.63) is 70.5 Å². The number of para-hydroxylation sites is 1. The van der Waals surface area contributed by atoms with Gasteiger partial charge in [-0.25, -0.2) is 4.98 Å². The fourth-order valence-corrected chi connectivity index (χ4v) is 2.83. The Labute approximate surface area is 138 Å². The highest BCUT2D eigenvalue weighted by molar-refractivity contribution is 7.12. The lowest BCUT2D eigenvalue weighted by Crippen LogP contribution is -2.02. The number of thiazole rings is 1. The van der Waals surface area contributed by atoms with Gasteiger partial charge in [-0.1, -0.05) is 48.5 Å². The minimum absolute atomic E-state index is 0.278. The quantitative estimate of drug-likeness (QED) is 0.571. The molecule has 112 valence electrons. The first-order valence-corrected chi connectivity index (χ1v) is 7.96. The van der Waals surface area contributed by atoms with Gasteiger partial charge in [0.15, 0.2) is 10.7 Å². The molecule has 23 heavy (non-hydrogen) atoms. The van der Waals surface area contributed by atoms with Crippen molar-refractivity contribution in [2.24, 2.45) is 5.10 Å². The van der Waals surface area contributed by atoms with Crippen LogP contribution in [-0.2, 0) is 0 Å². The highest BCUT2D eigenvalue weighted by Crippen LogP contribution is 2.22. The second-order valence-electron chi connectivity index (χ2n) is 4.90. The predicted molar refractivity (Wildman–Crippen MR) is 94.5 cm³/mol. The molecule has 0 aliphatic rings. The Hall–Kier alpha value is -2.97. The lowest BCUT2D eigenvalue weighted by atomic mass is 10.2. The van der Waals surface area contributed by atoms with E-state index in [1.54, 1.807) is 0 Å². The summed E-state index contributed by atoms with van der Waals surface area (Å²) < 4.78 is 0. The standard InChI is InChI=1S/C18H14N4S/c1-13-7-5-6-10-15(13)21-22-16(11-19)18-20-17(12-23-18)14-8-3-2-4-9-14/h2-10,12,21H,1H3. The Kier molecular flexibility index (Phi) is 4.46. The van der Waals surface area contributed by atoms with E-state index < -0.39 is 0 Å². The van der Waals surface area contributed by atoms with E-state index in [2.05, 4.69) is 21.6 Å². The van der Waals surface area contributed by atoms with E-state index in [1.165, 1.54) is 11.3 Å². The van der Waals surface area contributed by atoms with Gasteiger partial charge in [0.2, 0.25) is 0 Å². The first-order valence-electron chi connectivity index (χ1n) is 7.08. The second-order valence-corrected chi connectivity index (χ2v) is 5.76. The molecule has 5 heteroatoms. The van der Waals surface area contributed by atoms with Crippen LogP contribution < -0.4 is 5.43 Å². The van der Waals surface area contributed by atoms with E-state index in [4.69, 9.17) is 0 Å². The van der Waals surface area contributed by atoms with Crippen molar-refractivity contribution >= 4 is 22.7 Å². The van der Waals surface area contributed by atoms with Gasteiger partial charge in [0.25, 0.3) is 0 Å². The lowest BCUT2D eigenvalue weighted by molar-refractivity contribution is 1.28. The molecule has 0 bridgehead atoms. The third kappa shape index (κ3) is 3.44. The van der Waals surface area contributed by atoms with Crippen LogP contribution in [0.15, 0.2) is 65.1 Å². The Bertz CT molecular complexity index is 875. The highest BCUT2D eigenvalue weighted by Gasteiger charge is 2.10. The molecule has 3 rings (SSSR count). The molecule has 0 aliphatic carbocycles. The summed E-state index contributed by atoms with van der Waals surface area (Å²) >= 11 is 1.41. The van der Waals surface area contributed by atoms with Gasteiger partial charge in [-0.3, -0.25) is 5.43 Å². The number of hydrogen-bond donors (Lipinski definition) is 1. The first kappa shape index (κ1) is 14.9.